The van der Waals surface area contributed by atoms with Crippen LogP contribution in [-0.2, 0) is 17.6 Å². The number of nitrogens with one attached hydrogen (secondary N) is 1. The average Bonchev–Trinajstić information content (AvgIpc) is 3.48. The molecule has 0 unspecified atom stereocenters. The second-order valence-corrected chi connectivity index (χ2v) is 7.46. The Morgan fingerprint density at radius 2 is 1.93 bits per heavy atom. The molecule has 0 saturated carbocycles. The number of para-hydroxylation sites is 1. The largest absolute Gasteiger partial charge is 0.488 e. The van der Waals surface area contributed by atoms with Crippen LogP contribution in [0.2, 0.25) is 0 Å². The minimum Gasteiger partial charge on any atom is -0.488 e. The molecule has 1 aliphatic carbocycles. The van der Waals surface area contributed by atoms with Gasteiger partial charge in [0.1, 0.15) is 11.9 Å². The summed E-state index contributed by atoms with van der Waals surface area (Å²) in [6.07, 6.45) is 3.91. The van der Waals surface area contributed by atoms with Gasteiger partial charge in [0.05, 0.1) is 18.9 Å². The number of carbonyl (C=O) groups excluding carboxylic acids is 1. The first-order valence-electron chi connectivity index (χ1n) is 10.1. The summed E-state index contributed by atoms with van der Waals surface area (Å²) in [6, 6.07) is 17.5. The van der Waals surface area contributed by atoms with Gasteiger partial charge in [-0.25, -0.2) is 4.68 Å². The lowest BCUT2D eigenvalue weighted by molar-refractivity contribution is 0.102. The molecule has 6 nitrogen and oxygen atoms in total. The molecule has 2 aromatic carbocycles. The predicted molar refractivity (Wildman–Crippen MR) is 110 cm³/mol. The molecule has 5 rings (SSSR count). The molecular formula is C23H23N3O3. The highest BCUT2D eigenvalue weighted by atomic mass is 16.5. The van der Waals surface area contributed by atoms with E-state index >= 15 is 0 Å². The van der Waals surface area contributed by atoms with Gasteiger partial charge in [0.2, 0.25) is 0 Å². The lowest BCUT2D eigenvalue weighted by Crippen LogP contribution is -2.16. The molecule has 29 heavy (non-hydrogen) atoms. The zero-order valence-electron chi connectivity index (χ0n) is 16.1. The van der Waals surface area contributed by atoms with Gasteiger partial charge in [-0.3, -0.25) is 4.79 Å². The van der Waals surface area contributed by atoms with Crippen molar-refractivity contribution >= 4 is 11.6 Å². The normalized spacial score (nSPS) is 17.9. The van der Waals surface area contributed by atoms with Gasteiger partial charge < -0.3 is 14.8 Å². The van der Waals surface area contributed by atoms with Gasteiger partial charge in [-0.15, -0.1) is 0 Å². The topological polar surface area (TPSA) is 65.4 Å². The van der Waals surface area contributed by atoms with Crippen molar-refractivity contribution in [2.45, 2.75) is 31.8 Å². The highest BCUT2D eigenvalue weighted by Crippen LogP contribution is 2.28. The number of nitrogens with zero attached hydrogens (tertiary/aromatic N) is 2. The van der Waals surface area contributed by atoms with Gasteiger partial charge in [0.25, 0.3) is 5.91 Å². The summed E-state index contributed by atoms with van der Waals surface area (Å²) in [5.41, 5.74) is 4.44. The molecule has 1 fully saturated rings. The Kier molecular flexibility index (Phi) is 4.77. The van der Waals surface area contributed by atoms with Crippen molar-refractivity contribution in [1.82, 2.24) is 9.78 Å². The van der Waals surface area contributed by atoms with Crippen LogP contribution in [0.15, 0.2) is 54.6 Å². The molecule has 1 saturated heterocycles. The first kappa shape index (κ1) is 17.9. The molecule has 1 N–H and O–H groups in total. The van der Waals surface area contributed by atoms with Crippen LogP contribution < -0.4 is 10.1 Å². The SMILES string of the molecule is O=C(Nc1ccc(O[C@@H]2CCOC2)cc1)c1nn(-c2ccccc2)c2c1CCC2. The van der Waals surface area contributed by atoms with Crippen molar-refractivity contribution < 1.29 is 14.3 Å². The van der Waals surface area contributed by atoms with E-state index in [1.54, 1.807) is 0 Å². The van der Waals surface area contributed by atoms with Gasteiger partial charge in [0, 0.05) is 23.4 Å². The van der Waals surface area contributed by atoms with E-state index in [0.717, 1.165) is 60.7 Å². The van der Waals surface area contributed by atoms with E-state index in [-0.39, 0.29) is 12.0 Å². The Hall–Kier alpha value is -3.12. The highest BCUT2D eigenvalue weighted by molar-refractivity contribution is 6.04. The first-order valence-corrected chi connectivity index (χ1v) is 10.1. The summed E-state index contributed by atoms with van der Waals surface area (Å²) in [7, 11) is 0. The second kappa shape index (κ2) is 7.72. The average molecular weight is 389 g/mol. The Morgan fingerprint density at radius 3 is 2.69 bits per heavy atom. The number of aromatic nitrogens is 2. The molecule has 0 radical (unpaired) electrons. The van der Waals surface area contributed by atoms with Crippen LogP contribution in [0, 0.1) is 0 Å². The monoisotopic (exact) mass is 389 g/mol. The number of hydrogen-bond donors (Lipinski definition) is 1. The van der Waals surface area contributed by atoms with Crippen molar-refractivity contribution in [2.75, 3.05) is 18.5 Å². The van der Waals surface area contributed by atoms with Gasteiger partial charge >= 0.3 is 0 Å². The van der Waals surface area contributed by atoms with Crippen LogP contribution >= 0.6 is 0 Å². The Labute approximate surface area is 169 Å². The summed E-state index contributed by atoms with van der Waals surface area (Å²) in [5.74, 6) is 0.614. The second-order valence-electron chi connectivity index (χ2n) is 7.46. The van der Waals surface area contributed by atoms with Crippen LogP contribution in [0.1, 0.15) is 34.6 Å². The van der Waals surface area contributed by atoms with Crippen LogP contribution in [-0.4, -0.2) is 35.0 Å². The maximum Gasteiger partial charge on any atom is 0.276 e. The number of anilines is 1. The minimum absolute atomic E-state index is 0.111. The lowest BCUT2D eigenvalue weighted by atomic mass is 10.2. The van der Waals surface area contributed by atoms with Crippen molar-refractivity contribution in [3.63, 3.8) is 0 Å². The molecule has 2 heterocycles. The van der Waals surface area contributed by atoms with Crippen LogP contribution in [0.5, 0.6) is 5.75 Å². The van der Waals surface area contributed by atoms with E-state index in [1.807, 2.05) is 59.3 Å². The Morgan fingerprint density at radius 1 is 1.10 bits per heavy atom. The van der Waals surface area contributed by atoms with Gasteiger partial charge in [-0.1, -0.05) is 18.2 Å². The van der Waals surface area contributed by atoms with E-state index in [0.29, 0.717) is 12.3 Å². The molecule has 2 aliphatic rings. The zero-order chi connectivity index (χ0) is 19.6. The standard InChI is InChI=1S/C23H23N3O3/c27-23(24-16-9-11-18(12-10-16)29-19-13-14-28-15-19)22-20-7-4-8-21(20)26(25-22)17-5-2-1-3-6-17/h1-3,5-6,9-12,19H,4,7-8,13-15H2,(H,24,27)/t19-/m1/s1. The van der Waals surface area contributed by atoms with E-state index in [1.165, 1.54) is 0 Å². The fourth-order valence-electron chi connectivity index (χ4n) is 4.01. The quantitative estimate of drug-likeness (QED) is 0.721. The molecule has 1 amide bonds. The predicted octanol–water partition coefficient (Wildman–Crippen LogP) is 3.78. The number of benzene rings is 2. The van der Waals surface area contributed by atoms with Crippen molar-refractivity contribution in [2.24, 2.45) is 0 Å². The summed E-state index contributed by atoms with van der Waals surface area (Å²) in [6.45, 7) is 1.38. The van der Waals surface area contributed by atoms with Crippen LogP contribution in [0.3, 0.4) is 0 Å². The first-order chi connectivity index (χ1) is 14.3. The third-order valence-corrected chi connectivity index (χ3v) is 5.45. The number of rotatable bonds is 5. The fourth-order valence-corrected chi connectivity index (χ4v) is 4.01. The molecule has 3 aromatic rings. The molecule has 1 atom stereocenters. The molecular weight excluding hydrogens is 366 g/mol. The van der Waals surface area contributed by atoms with Crippen molar-refractivity contribution in [3.05, 3.63) is 71.5 Å². The molecule has 1 aliphatic heterocycles. The Bertz CT molecular complexity index is 1010. The summed E-state index contributed by atoms with van der Waals surface area (Å²) in [5, 5.41) is 7.63. The van der Waals surface area contributed by atoms with Gasteiger partial charge in [-0.05, 0) is 55.7 Å². The third kappa shape index (κ3) is 3.63. The maximum atomic E-state index is 12.9. The molecule has 6 heteroatoms. The third-order valence-electron chi connectivity index (χ3n) is 5.45. The van der Waals surface area contributed by atoms with E-state index < -0.39 is 0 Å². The zero-order valence-corrected chi connectivity index (χ0v) is 16.1. The Balaban J connectivity index is 1.33. The highest BCUT2D eigenvalue weighted by Gasteiger charge is 2.27. The van der Waals surface area contributed by atoms with Crippen LogP contribution in [0.25, 0.3) is 5.69 Å². The molecule has 0 bridgehead atoms. The van der Waals surface area contributed by atoms with Gasteiger partial charge in [-0.2, -0.15) is 5.10 Å². The minimum atomic E-state index is -0.171. The number of ether oxygens (including phenoxy) is 2. The fraction of sp³-hybridized carbons (Fsp3) is 0.304. The molecule has 0 spiro atoms. The molecule has 148 valence electrons. The van der Waals surface area contributed by atoms with E-state index in [4.69, 9.17) is 9.47 Å². The molecule has 1 aromatic heterocycles. The van der Waals surface area contributed by atoms with E-state index in [9.17, 15) is 4.79 Å². The summed E-state index contributed by atoms with van der Waals surface area (Å²) in [4.78, 5) is 12.9. The van der Waals surface area contributed by atoms with Crippen molar-refractivity contribution in [3.8, 4) is 11.4 Å². The number of hydrogen-bond acceptors (Lipinski definition) is 4. The van der Waals surface area contributed by atoms with Crippen molar-refractivity contribution in [1.29, 1.82) is 0 Å². The number of amides is 1. The lowest BCUT2D eigenvalue weighted by Gasteiger charge is -2.12. The summed E-state index contributed by atoms with van der Waals surface area (Å²) < 4.78 is 13.1. The van der Waals surface area contributed by atoms with E-state index in [2.05, 4.69) is 10.4 Å². The number of fused-ring (bicyclic) bond motifs is 1. The number of carbonyl (C=O) groups is 1. The smallest absolute Gasteiger partial charge is 0.276 e. The summed E-state index contributed by atoms with van der Waals surface area (Å²) >= 11 is 0. The van der Waals surface area contributed by atoms with Crippen LogP contribution in [0.4, 0.5) is 5.69 Å². The van der Waals surface area contributed by atoms with Gasteiger partial charge in [0.15, 0.2) is 5.69 Å². The maximum absolute atomic E-state index is 12.9.